The molecule has 0 bridgehead atoms. The van der Waals surface area contributed by atoms with Crippen molar-refractivity contribution in [2.24, 2.45) is 0 Å². The van der Waals surface area contributed by atoms with Gasteiger partial charge in [-0.3, -0.25) is 4.79 Å². The number of hydrogen-bond donors (Lipinski definition) is 1. The molecule has 7 nitrogen and oxygen atoms in total. The largest absolute Gasteiger partial charge is 0.493 e. The Bertz CT molecular complexity index is 1000. The Balaban J connectivity index is 1.97. The van der Waals surface area contributed by atoms with Crippen molar-refractivity contribution in [1.29, 1.82) is 0 Å². The molecule has 29 heavy (non-hydrogen) atoms. The fourth-order valence-corrected chi connectivity index (χ4v) is 2.90. The molecule has 0 unspecified atom stereocenters. The summed E-state index contributed by atoms with van der Waals surface area (Å²) in [5, 5.41) is 12.2. The third kappa shape index (κ3) is 4.34. The first-order valence-corrected chi connectivity index (χ1v) is 9.62. The van der Waals surface area contributed by atoms with Crippen molar-refractivity contribution in [3.63, 3.8) is 0 Å². The number of nitrogens with one attached hydrogen (secondary N) is 1. The van der Waals surface area contributed by atoms with Gasteiger partial charge in [-0.15, -0.1) is 0 Å². The summed E-state index contributed by atoms with van der Waals surface area (Å²) in [4.78, 5) is 13.1. The molecule has 1 N–H and O–H groups in total. The van der Waals surface area contributed by atoms with Crippen LogP contribution in [-0.4, -0.2) is 32.6 Å². The standard InChI is InChI=1S/C22H29N5O2/c1-21(2,3)17-13-18(27(24-17)22(4,5)6)23-20(28)19-16(29-7)14-26(25-19)15-11-9-8-10-12-15/h8-14H,1-7H3,(H,23,28). The van der Waals surface area contributed by atoms with E-state index in [0.29, 0.717) is 11.6 Å². The number of methoxy groups -OCH3 is 1. The molecular formula is C22H29N5O2. The lowest BCUT2D eigenvalue weighted by Crippen LogP contribution is -2.27. The van der Waals surface area contributed by atoms with Crippen LogP contribution >= 0.6 is 0 Å². The lowest BCUT2D eigenvalue weighted by Gasteiger charge is -2.22. The highest BCUT2D eigenvalue weighted by Gasteiger charge is 2.27. The zero-order valence-corrected chi connectivity index (χ0v) is 18.1. The molecule has 0 saturated carbocycles. The van der Waals surface area contributed by atoms with E-state index < -0.39 is 0 Å². The second-order valence-corrected chi connectivity index (χ2v) is 9.03. The maximum atomic E-state index is 13.1. The number of anilines is 1. The second kappa shape index (κ2) is 7.39. The van der Waals surface area contributed by atoms with Crippen LogP contribution in [-0.2, 0) is 11.0 Å². The van der Waals surface area contributed by atoms with E-state index in [1.54, 1.807) is 10.9 Å². The number of aromatic nitrogens is 4. The Morgan fingerprint density at radius 2 is 1.69 bits per heavy atom. The van der Waals surface area contributed by atoms with Gasteiger partial charge in [0.2, 0.25) is 0 Å². The highest BCUT2D eigenvalue weighted by molar-refractivity contribution is 6.04. The third-order valence-corrected chi connectivity index (χ3v) is 4.49. The Labute approximate surface area is 171 Å². The van der Waals surface area contributed by atoms with E-state index in [1.807, 2.05) is 61.9 Å². The van der Waals surface area contributed by atoms with Crippen LogP contribution in [0.3, 0.4) is 0 Å². The van der Waals surface area contributed by atoms with Crippen LogP contribution in [0.4, 0.5) is 5.82 Å². The smallest absolute Gasteiger partial charge is 0.281 e. The van der Waals surface area contributed by atoms with E-state index in [0.717, 1.165) is 11.4 Å². The fourth-order valence-electron chi connectivity index (χ4n) is 2.90. The minimum Gasteiger partial charge on any atom is -0.493 e. The molecule has 0 aliphatic carbocycles. The van der Waals surface area contributed by atoms with Gasteiger partial charge < -0.3 is 10.1 Å². The van der Waals surface area contributed by atoms with Gasteiger partial charge in [0.25, 0.3) is 5.91 Å². The predicted molar refractivity (Wildman–Crippen MR) is 114 cm³/mol. The fraction of sp³-hybridized carbons (Fsp3) is 0.409. The molecule has 1 amide bonds. The first-order chi connectivity index (χ1) is 13.5. The van der Waals surface area contributed by atoms with E-state index in [9.17, 15) is 4.79 Å². The van der Waals surface area contributed by atoms with E-state index in [2.05, 4.69) is 31.2 Å². The molecule has 0 aliphatic rings. The van der Waals surface area contributed by atoms with Crippen LogP contribution in [0.2, 0.25) is 0 Å². The van der Waals surface area contributed by atoms with Crippen molar-refractivity contribution < 1.29 is 9.53 Å². The zero-order valence-electron chi connectivity index (χ0n) is 18.1. The molecule has 2 heterocycles. The van der Waals surface area contributed by atoms with Crippen LogP contribution in [0.25, 0.3) is 5.69 Å². The van der Waals surface area contributed by atoms with Crippen LogP contribution in [0.5, 0.6) is 5.75 Å². The summed E-state index contributed by atoms with van der Waals surface area (Å²) in [6, 6.07) is 11.5. The normalized spacial score (nSPS) is 12.1. The van der Waals surface area contributed by atoms with E-state index >= 15 is 0 Å². The Hall–Kier alpha value is -3.09. The van der Waals surface area contributed by atoms with Gasteiger partial charge in [0.05, 0.1) is 30.2 Å². The second-order valence-electron chi connectivity index (χ2n) is 9.03. The number of hydrogen-bond acceptors (Lipinski definition) is 4. The molecule has 3 rings (SSSR count). The zero-order chi connectivity index (χ0) is 21.4. The van der Waals surface area contributed by atoms with E-state index in [1.165, 1.54) is 7.11 Å². The summed E-state index contributed by atoms with van der Waals surface area (Å²) in [7, 11) is 1.53. The van der Waals surface area contributed by atoms with Gasteiger partial charge in [0, 0.05) is 11.5 Å². The lowest BCUT2D eigenvalue weighted by molar-refractivity contribution is 0.101. The number of carbonyl (C=O) groups is 1. The van der Waals surface area contributed by atoms with Crippen LogP contribution in [0, 0.1) is 0 Å². The van der Waals surface area contributed by atoms with Crippen LogP contribution in [0.1, 0.15) is 57.7 Å². The molecule has 0 saturated heterocycles. The summed E-state index contributed by atoms with van der Waals surface area (Å²) in [6.07, 6.45) is 1.70. The number of rotatable bonds is 4. The molecule has 154 valence electrons. The van der Waals surface area contributed by atoms with Crippen molar-refractivity contribution in [2.75, 3.05) is 12.4 Å². The number of carbonyl (C=O) groups excluding carboxylic acids is 1. The Morgan fingerprint density at radius 1 is 1.03 bits per heavy atom. The molecule has 0 aliphatic heterocycles. The molecule has 7 heteroatoms. The van der Waals surface area contributed by atoms with Crippen molar-refractivity contribution >= 4 is 11.7 Å². The van der Waals surface area contributed by atoms with Gasteiger partial charge in [-0.25, -0.2) is 9.36 Å². The lowest BCUT2D eigenvalue weighted by atomic mass is 9.92. The monoisotopic (exact) mass is 395 g/mol. The predicted octanol–water partition coefficient (Wildman–Crippen LogP) is 4.38. The number of nitrogens with zero attached hydrogens (tertiary/aromatic N) is 4. The average molecular weight is 396 g/mol. The number of amides is 1. The summed E-state index contributed by atoms with van der Waals surface area (Å²) in [5.74, 6) is 0.690. The average Bonchev–Trinajstić information content (AvgIpc) is 3.26. The number of ether oxygens (including phenoxy) is 1. The van der Waals surface area contributed by atoms with Crippen molar-refractivity contribution in [2.45, 2.75) is 52.5 Å². The minimum atomic E-state index is -0.345. The van der Waals surface area contributed by atoms with Crippen LogP contribution < -0.4 is 10.1 Å². The quantitative estimate of drug-likeness (QED) is 0.711. The summed E-state index contributed by atoms with van der Waals surface area (Å²) < 4.78 is 8.87. The molecule has 0 spiro atoms. The number of benzene rings is 1. The van der Waals surface area contributed by atoms with Crippen molar-refractivity contribution in [3.05, 3.63) is 54.0 Å². The SMILES string of the molecule is COc1cn(-c2ccccc2)nc1C(=O)Nc1cc(C(C)(C)C)nn1C(C)(C)C. The molecule has 2 aromatic heterocycles. The summed E-state index contributed by atoms with van der Waals surface area (Å²) in [6.45, 7) is 12.4. The molecule has 0 atom stereocenters. The molecule has 3 aromatic rings. The van der Waals surface area contributed by atoms with Gasteiger partial charge in [-0.1, -0.05) is 39.0 Å². The molecular weight excluding hydrogens is 366 g/mol. The number of para-hydroxylation sites is 1. The van der Waals surface area contributed by atoms with Gasteiger partial charge in [-0.05, 0) is 32.9 Å². The first-order valence-electron chi connectivity index (χ1n) is 9.62. The van der Waals surface area contributed by atoms with Gasteiger partial charge in [0.1, 0.15) is 5.82 Å². The Kier molecular flexibility index (Phi) is 5.26. The maximum absolute atomic E-state index is 13.1. The van der Waals surface area contributed by atoms with Gasteiger partial charge in [-0.2, -0.15) is 10.2 Å². The van der Waals surface area contributed by atoms with Crippen molar-refractivity contribution in [3.8, 4) is 11.4 Å². The van der Waals surface area contributed by atoms with Crippen molar-refractivity contribution in [1.82, 2.24) is 19.6 Å². The minimum absolute atomic E-state index is 0.136. The first kappa shape index (κ1) is 20.6. The Morgan fingerprint density at radius 3 is 2.24 bits per heavy atom. The highest BCUT2D eigenvalue weighted by atomic mass is 16.5. The maximum Gasteiger partial charge on any atom is 0.281 e. The third-order valence-electron chi connectivity index (χ3n) is 4.49. The van der Waals surface area contributed by atoms with E-state index in [-0.39, 0.29) is 22.6 Å². The van der Waals surface area contributed by atoms with Gasteiger partial charge in [0.15, 0.2) is 11.4 Å². The van der Waals surface area contributed by atoms with Gasteiger partial charge >= 0.3 is 0 Å². The van der Waals surface area contributed by atoms with Crippen LogP contribution in [0.15, 0.2) is 42.6 Å². The summed E-state index contributed by atoms with van der Waals surface area (Å²) in [5.41, 5.74) is 1.54. The molecule has 0 fully saturated rings. The summed E-state index contributed by atoms with van der Waals surface area (Å²) >= 11 is 0. The molecule has 0 radical (unpaired) electrons. The van der Waals surface area contributed by atoms with E-state index in [4.69, 9.17) is 9.84 Å². The topological polar surface area (TPSA) is 74.0 Å². The molecule has 1 aromatic carbocycles. The highest BCUT2D eigenvalue weighted by Crippen LogP contribution is 2.29.